The molecule has 0 bridgehead atoms. The maximum Gasteiger partial charge on any atom is 0.234 e. The lowest BCUT2D eigenvalue weighted by Crippen LogP contribution is -2.50. The Kier molecular flexibility index (Phi) is 6.25. The van der Waals surface area contributed by atoms with E-state index < -0.39 is 5.54 Å². The third kappa shape index (κ3) is 5.08. The van der Waals surface area contributed by atoms with E-state index in [1.54, 1.807) is 0 Å². The predicted octanol–water partition coefficient (Wildman–Crippen LogP) is 3.18. The largest absolute Gasteiger partial charge is 0.358 e. The van der Waals surface area contributed by atoms with Crippen LogP contribution >= 0.6 is 23.1 Å². The minimum absolute atomic E-state index is 0.105. The van der Waals surface area contributed by atoms with Crippen molar-refractivity contribution in [2.24, 2.45) is 0 Å². The quantitative estimate of drug-likeness (QED) is 0.763. The van der Waals surface area contributed by atoms with Gasteiger partial charge in [-0.2, -0.15) is 5.26 Å². The average Bonchev–Trinajstić information content (AvgIpc) is 2.94. The highest BCUT2D eigenvalue weighted by Crippen LogP contribution is 2.31. The number of hydrogen-bond donors (Lipinski definition) is 2. The first-order chi connectivity index (χ1) is 10.9. The zero-order valence-electron chi connectivity index (χ0n) is 13.8. The van der Waals surface area contributed by atoms with Crippen molar-refractivity contribution in [3.8, 4) is 6.07 Å². The number of hydrogen-bond acceptors (Lipinski definition) is 7. The van der Waals surface area contributed by atoms with Gasteiger partial charge >= 0.3 is 0 Å². The Morgan fingerprint density at radius 1 is 1.30 bits per heavy atom. The fourth-order valence-electron chi connectivity index (χ4n) is 2.52. The Hall–Kier alpha value is -1.33. The number of carbonyl (C=O) groups is 1. The Morgan fingerprint density at radius 2 is 2.00 bits per heavy atom. The average molecular weight is 354 g/mol. The number of nitrogens with one attached hydrogen (secondary N) is 2. The topological polar surface area (TPSA) is 90.7 Å². The second-order valence-electron chi connectivity index (χ2n) is 6.18. The van der Waals surface area contributed by atoms with E-state index in [4.69, 9.17) is 0 Å². The van der Waals surface area contributed by atoms with E-state index in [2.05, 4.69) is 26.9 Å². The lowest BCUT2D eigenvalue weighted by Gasteiger charge is -2.32. The van der Waals surface area contributed by atoms with E-state index >= 15 is 0 Å². The number of carbonyl (C=O) groups excluding carboxylic acids is 1. The molecule has 1 aromatic rings. The van der Waals surface area contributed by atoms with Gasteiger partial charge in [-0.3, -0.25) is 4.79 Å². The fourth-order valence-corrected chi connectivity index (χ4v) is 4.57. The molecule has 8 heteroatoms. The van der Waals surface area contributed by atoms with Crippen LogP contribution in [0.3, 0.4) is 0 Å². The second-order valence-corrected chi connectivity index (χ2v) is 8.74. The molecule has 0 radical (unpaired) electrons. The van der Waals surface area contributed by atoms with Crippen LogP contribution in [0.15, 0.2) is 4.34 Å². The SMILES string of the molecule is CC(C)Nc1nnc(SC(C)C(=O)NC2(C#N)CCCCC2)s1. The van der Waals surface area contributed by atoms with Gasteiger partial charge < -0.3 is 10.6 Å². The fraction of sp³-hybridized carbons (Fsp3) is 0.733. The zero-order chi connectivity index (χ0) is 16.9. The molecular formula is C15H23N5OS2. The number of anilines is 1. The summed E-state index contributed by atoms with van der Waals surface area (Å²) in [6.07, 6.45) is 4.62. The molecule has 0 saturated heterocycles. The van der Waals surface area contributed by atoms with Crippen LogP contribution in [0.5, 0.6) is 0 Å². The summed E-state index contributed by atoms with van der Waals surface area (Å²) in [4.78, 5) is 12.4. The molecule has 2 rings (SSSR count). The molecule has 1 saturated carbocycles. The van der Waals surface area contributed by atoms with E-state index in [9.17, 15) is 10.1 Å². The first-order valence-corrected chi connectivity index (χ1v) is 9.64. The summed E-state index contributed by atoms with van der Waals surface area (Å²) >= 11 is 2.82. The number of nitrogens with zero attached hydrogens (tertiary/aromatic N) is 3. The predicted molar refractivity (Wildman–Crippen MR) is 93.6 cm³/mol. The van der Waals surface area contributed by atoms with Crippen molar-refractivity contribution in [1.29, 1.82) is 5.26 Å². The number of aromatic nitrogens is 2. The normalized spacial score (nSPS) is 18.2. The Bertz CT molecular complexity index is 575. The summed E-state index contributed by atoms with van der Waals surface area (Å²) in [5.41, 5.74) is -0.685. The standard InChI is InChI=1S/C15H23N5OS2/c1-10(2)17-13-19-20-14(23-13)22-11(3)12(21)18-15(9-16)7-5-4-6-8-15/h10-11H,4-8H2,1-3H3,(H,17,19)(H,18,21). The van der Waals surface area contributed by atoms with Gasteiger partial charge in [0.2, 0.25) is 11.0 Å². The summed E-state index contributed by atoms with van der Waals surface area (Å²) < 4.78 is 0.755. The van der Waals surface area contributed by atoms with Crippen LogP contribution in [0.1, 0.15) is 52.9 Å². The Labute approximate surface area is 145 Å². The molecular weight excluding hydrogens is 330 g/mol. The highest BCUT2D eigenvalue weighted by atomic mass is 32.2. The maximum absolute atomic E-state index is 12.4. The number of thioether (sulfide) groups is 1. The highest BCUT2D eigenvalue weighted by molar-refractivity contribution is 8.02. The van der Waals surface area contributed by atoms with Crippen molar-refractivity contribution in [1.82, 2.24) is 15.5 Å². The van der Waals surface area contributed by atoms with E-state index in [0.29, 0.717) is 6.04 Å². The van der Waals surface area contributed by atoms with Gasteiger partial charge in [0.15, 0.2) is 4.34 Å². The van der Waals surface area contributed by atoms with Crippen LogP contribution in [0.2, 0.25) is 0 Å². The number of rotatable bonds is 6. The van der Waals surface area contributed by atoms with E-state index in [0.717, 1.165) is 41.6 Å². The van der Waals surface area contributed by atoms with Crippen LogP contribution in [0.4, 0.5) is 5.13 Å². The Morgan fingerprint density at radius 3 is 2.61 bits per heavy atom. The summed E-state index contributed by atoms with van der Waals surface area (Å²) in [6, 6.07) is 2.61. The summed E-state index contributed by atoms with van der Waals surface area (Å²) in [6.45, 7) is 5.91. The number of nitriles is 1. The summed E-state index contributed by atoms with van der Waals surface area (Å²) in [7, 11) is 0. The molecule has 1 atom stereocenters. The van der Waals surface area contributed by atoms with E-state index in [1.807, 2.05) is 20.8 Å². The summed E-state index contributed by atoms with van der Waals surface area (Å²) in [5, 5.41) is 24.2. The third-order valence-electron chi connectivity index (χ3n) is 3.75. The maximum atomic E-state index is 12.4. The van der Waals surface area contributed by atoms with Gasteiger partial charge in [-0.15, -0.1) is 10.2 Å². The second kappa shape index (κ2) is 7.97. The Balaban J connectivity index is 1.92. The van der Waals surface area contributed by atoms with E-state index in [-0.39, 0.29) is 11.2 Å². The monoisotopic (exact) mass is 353 g/mol. The van der Waals surface area contributed by atoms with Gasteiger partial charge in [-0.1, -0.05) is 42.4 Å². The molecule has 1 unspecified atom stereocenters. The van der Waals surface area contributed by atoms with Crippen LogP contribution in [0.25, 0.3) is 0 Å². The molecule has 1 aromatic heterocycles. The molecule has 6 nitrogen and oxygen atoms in total. The van der Waals surface area contributed by atoms with E-state index in [1.165, 1.54) is 23.1 Å². The van der Waals surface area contributed by atoms with Gasteiger partial charge in [0.25, 0.3) is 0 Å². The smallest absolute Gasteiger partial charge is 0.234 e. The molecule has 1 heterocycles. The van der Waals surface area contributed by atoms with Crippen molar-refractivity contribution in [3.05, 3.63) is 0 Å². The van der Waals surface area contributed by atoms with Crippen LogP contribution in [0, 0.1) is 11.3 Å². The molecule has 0 aliphatic heterocycles. The van der Waals surface area contributed by atoms with Gasteiger partial charge in [-0.25, -0.2) is 0 Å². The van der Waals surface area contributed by atoms with Gasteiger partial charge in [-0.05, 0) is 33.6 Å². The van der Waals surface area contributed by atoms with Crippen molar-refractivity contribution < 1.29 is 4.79 Å². The number of amides is 1. The molecule has 0 aromatic carbocycles. The summed E-state index contributed by atoms with van der Waals surface area (Å²) in [5.74, 6) is -0.105. The molecule has 1 aliphatic carbocycles. The van der Waals surface area contributed by atoms with Gasteiger partial charge in [0.1, 0.15) is 5.54 Å². The van der Waals surface area contributed by atoms with Crippen molar-refractivity contribution in [2.75, 3.05) is 5.32 Å². The zero-order valence-corrected chi connectivity index (χ0v) is 15.4. The highest BCUT2D eigenvalue weighted by Gasteiger charge is 2.35. The van der Waals surface area contributed by atoms with Gasteiger partial charge in [0, 0.05) is 6.04 Å². The van der Waals surface area contributed by atoms with Gasteiger partial charge in [0.05, 0.1) is 11.3 Å². The first-order valence-electron chi connectivity index (χ1n) is 7.94. The molecule has 0 spiro atoms. The lowest BCUT2D eigenvalue weighted by atomic mass is 9.83. The first kappa shape index (κ1) is 18.0. The van der Waals surface area contributed by atoms with Crippen LogP contribution in [-0.4, -0.2) is 32.9 Å². The van der Waals surface area contributed by atoms with Crippen LogP contribution in [-0.2, 0) is 4.79 Å². The molecule has 126 valence electrons. The molecule has 23 heavy (non-hydrogen) atoms. The third-order valence-corrected chi connectivity index (χ3v) is 5.79. The molecule has 1 amide bonds. The van der Waals surface area contributed by atoms with Crippen molar-refractivity contribution in [3.63, 3.8) is 0 Å². The lowest BCUT2D eigenvalue weighted by molar-refractivity contribution is -0.121. The molecule has 2 N–H and O–H groups in total. The molecule has 1 aliphatic rings. The minimum atomic E-state index is -0.685. The van der Waals surface area contributed by atoms with Crippen molar-refractivity contribution in [2.45, 2.75) is 74.0 Å². The van der Waals surface area contributed by atoms with Crippen LogP contribution < -0.4 is 10.6 Å². The molecule has 1 fully saturated rings. The minimum Gasteiger partial charge on any atom is -0.358 e. The van der Waals surface area contributed by atoms with Crippen molar-refractivity contribution >= 4 is 34.1 Å².